The van der Waals surface area contributed by atoms with E-state index >= 15 is 0 Å². The third-order valence-corrected chi connectivity index (χ3v) is 6.61. The van der Waals surface area contributed by atoms with Gasteiger partial charge in [-0.3, -0.25) is 0 Å². The van der Waals surface area contributed by atoms with E-state index in [0.717, 1.165) is 0 Å². The second kappa shape index (κ2) is 7.86. The van der Waals surface area contributed by atoms with Crippen LogP contribution in [0.5, 0.6) is 23.0 Å². The maximum Gasteiger partial charge on any atom is 0.344 e. The van der Waals surface area contributed by atoms with Crippen molar-refractivity contribution < 1.29 is 31.2 Å². The fourth-order valence-corrected chi connectivity index (χ4v) is 4.61. The van der Waals surface area contributed by atoms with Crippen LogP contribution in [0.3, 0.4) is 0 Å². The molecular formula is C24H18O8S. The molecule has 0 spiro atoms. The van der Waals surface area contributed by atoms with Gasteiger partial charge in [-0.05, 0) is 72.6 Å². The molecule has 168 valence electrons. The average molecular weight is 466 g/mol. The molecular weight excluding hydrogens is 448 g/mol. The SMILES string of the molecule is COc1ccc(S(=O)(=O)Oc2ccc3oc(=O)c(-c4ccc5c(c4)OCO5)c(C)c3c2)cc1. The van der Waals surface area contributed by atoms with Gasteiger partial charge in [-0.1, -0.05) is 6.07 Å². The molecule has 33 heavy (non-hydrogen) atoms. The van der Waals surface area contributed by atoms with Gasteiger partial charge >= 0.3 is 15.7 Å². The Morgan fingerprint density at radius 2 is 1.61 bits per heavy atom. The Bertz CT molecular complexity index is 1540. The number of methoxy groups -OCH3 is 1. The van der Waals surface area contributed by atoms with Crippen LogP contribution >= 0.6 is 0 Å². The molecule has 4 aromatic rings. The molecule has 0 saturated heterocycles. The fourth-order valence-electron chi connectivity index (χ4n) is 3.69. The van der Waals surface area contributed by atoms with Crippen LogP contribution in [0, 0.1) is 6.92 Å². The second-order valence-corrected chi connectivity index (χ2v) is 8.87. The molecule has 0 fully saturated rings. The van der Waals surface area contributed by atoms with E-state index in [2.05, 4.69) is 0 Å². The van der Waals surface area contributed by atoms with Crippen molar-refractivity contribution in [2.75, 3.05) is 13.9 Å². The van der Waals surface area contributed by atoms with Gasteiger partial charge in [-0.15, -0.1) is 0 Å². The first kappa shape index (κ1) is 20.9. The van der Waals surface area contributed by atoms with Gasteiger partial charge in [-0.2, -0.15) is 8.42 Å². The number of ether oxygens (including phenoxy) is 3. The standard InChI is InChI=1S/C24H18O8S/c1-14-19-12-17(32-33(26,27)18-7-4-16(28-2)5-8-18)6-10-20(19)31-24(25)23(14)15-3-9-21-22(11-15)30-13-29-21/h3-12H,13H2,1-2H3. The Kier molecular flexibility index (Phi) is 4.98. The summed E-state index contributed by atoms with van der Waals surface area (Å²) >= 11 is 0. The van der Waals surface area contributed by atoms with Crippen LogP contribution < -0.4 is 24.0 Å². The van der Waals surface area contributed by atoms with Crippen molar-refractivity contribution in [2.24, 2.45) is 0 Å². The van der Waals surface area contributed by atoms with Gasteiger partial charge < -0.3 is 22.8 Å². The molecule has 2 heterocycles. The van der Waals surface area contributed by atoms with E-state index < -0.39 is 15.7 Å². The van der Waals surface area contributed by atoms with E-state index in [0.29, 0.717) is 44.9 Å². The molecule has 8 nitrogen and oxygen atoms in total. The summed E-state index contributed by atoms with van der Waals surface area (Å²) in [6.45, 7) is 1.88. The fraction of sp³-hybridized carbons (Fsp3) is 0.125. The molecule has 1 aliphatic rings. The molecule has 0 bridgehead atoms. The summed E-state index contributed by atoms with van der Waals surface area (Å²) in [5.74, 6) is 1.75. The molecule has 0 amide bonds. The van der Waals surface area contributed by atoms with Gasteiger partial charge in [0.25, 0.3) is 0 Å². The summed E-state index contributed by atoms with van der Waals surface area (Å²) in [6, 6.07) is 15.5. The van der Waals surface area contributed by atoms with Crippen LogP contribution in [0.1, 0.15) is 5.56 Å². The van der Waals surface area contributed by atoms with Crippen molar-refractivity contribution in [3.05, 3.63) is 76.6 Å². The van der Waals surface area contributed by atoms with Crippen molar-refractivity contribution in [1.29, 1.82) is 0 Å². The van der Waals surface area contributed by atoms with E-state index in [1.54, 1.807) is 25.1 Å². The Labute approximate surface area is 189 Å². The number of hydrogen-bond donors (Lipinski definition) is 0. The zero-order chi connectivity index (χ0) is 23.2. The van der Waals surface area contributed by atoms with E-state index in [4.69, 9.17) is 22.8 Å². The molecule has 0 N–H and O–H groups in total. The summed E-state index contributed by atoms with van der Waals surface area (Å²) in [4.78, 5) is 12.7. The highest BCUT2D eigenvalue weighted by Crippen LogP contribution is 2.37. The van der Waals surface area contributed by atoms with Crippen molar-refractivity contribution >= 4 is 21.1 Å². The van der Waals surface area contributed by atoms with Gasteiger partial charge in [0.05, 0.1) is 12.7 Å². The summed E-state index contributed by atoms with van der Waals surface area (Å²) in [6.07, 6.45) is 0. The number of aryl methyl sites for hydroxylation is 1. The zero-order valence-corrected chi connectivity index (χ0v) is 18.5. The predicted molar refractivity (Wildman–Crippen MR) is 120 cm³/mol. The van der Waals surface area contributed by atoms with Crippen LogP contribution in [-0.2, 0) is 10.1 Å². The average Bonchev–Trinajstić information content (AvgIpc) is 3.27. The Morgan fingerprint density at radius 3 is 2.36 bits per heavy atom. The van der Waals surface area contributed by atoms with E-state index in [9.17, 15) is 13.2 Å². The molecule has 0 aliphatic carbocycles. The summed E-state index contributed by atoms with van der Waals surface area (Å²) in [7, 11) is -2.58. The minimum Gasteiger partial charge on any atom is -0.497 e. The maximum atomic E-state index is 12.7. The number of fused-ring (bicyclic) bond motifs is 2. The van der Waals surface area contributed by atoms with Crippen LogP contribution in [-0.4, -0.2) is 22.3 Å². The van der Waals surface area contributed by atoms with Crippen molar-refractivity contribution in [1.82, 2.24) is 0 Å². The van der Waals surface area contributed by atoms with Crippen LogP contribution in [0.25, 0.3) is 22.1 Å². The number of rotatable bonds is 5. The van der Waals surface area contributed by atoms with Crippen molar-refractivity contribution in [2.45, 2.75) is 11.8 Å². The van der Waals surface area contributed by atoms with Gasteiger partial charge in [0.1, 0.15) is 22.0 Å². The lowest BCUT2D eigenvalue weighted by Crippen LogP contribution is -2.10. The Balaban J connectivity index is 1.55. The minimum atomic E-state index is -4.08. The van der Waals surface area contributed by atoms with Crippen molar-refractivity contribution in [3.63, 3.8) is 0 Å². The maximum absolute atomic E-state index is 12.7. The third kappa shape index (κ3) is 3.76. The van der Waals surface area contributed by atoms with Crippen LogP contribution in [0.4, 0.5) is 0 Å². The Hall–Kier alpha value is -3.98. The molecule has 9 heteroatoms. The second-order valence-electron chi connectivity index (χ2n) is 7.33. The smallest absolute Gasteiger partial charge is 0.344 e. The zero-order valence-electron chi connectivity index (χ0n) is 17.7. The van der Waals surface area contributed by atoms with E-state index in [1.807, 2.05) is 0 Å². The molecule has 1 aromatic heterocycles. The first-order valence-corrected chi connectivity index (χ1v) is 11.3. The van der Waals surface area contributed by atoms with Gasteiger partial charge in [0.15, 0.2) is 11.5 Å². The van der Waals surface area contributed by atoms with Gasteiger partial charge in [-0.25, -0.2) is 4.79 Å². The van der Waals surface area contributed by atoms with E-state index in [1.165, 1.54) is 49.6 Å². The molecule has 1 aliphatic heterocycles. The molecule has 0 radical (unpaired) electrons. The predicted octanol–water partition coefficient (Wildman–Crippen LogP) is 4.27. The summed E-state index contributed by atoms with van der Waals surface area (Å²) in [5.41, 5.74) is 1.36. The highest BCUT2D eigenvalue weighted by molar-refractivity contribution is 7.87. The molecule has 0 atom stereocenters. The van der Waals surface area contributed by atoms with Crippen molar-refractivity contribution in [3.8, 4) is 34.1 Å². The molecule has 5 rings (SSSR count). The molecule has 0 saturated carbocycles. The lowest BCUT2D eigenvalue weighted by Gasteiger charge is -2.11. The highest BCUT2D eigenvalue weighted by atomic mass is 32.2. The lowest BCUT2D eigenvalue weighted by atomic mass is 9.99. The summed E-state index contributed by atoms with van der Waals surface area (Å²) < 4.78 is 52.0. The largest absolute Gasteiger partial charge is 0.497 e. The quantitative estimate of drug-likeness (QED) is 0.317. The number of hydrogen-bond acceptors (Lipinski definition) is 8. The minimum absolute atomic E-state index is 0.0132. The third-order valence-electron chi connectivity index (χ3n) is 5.35. The molecule has 3 aromatic carbocycles. The normalized spacial score (nSPS) is 12.7. The van der Waals surface area contributed by atoms with Crippen LogP contribution in [0.2, 0.25) is 0 Å². The van der Waals surface area contributed by atoms with Crippen LogP contribution in [0.15, 0.2) is 74.8 Å². The monoisotopic (exact) mass is 466 g/mol. The Morgan fingerprint density at radius 1 is 0.879 bits per heavy atom. The van der Waals surface area contributed by atoms with Gasteiger partial charge in [0.2, 0.25) is 6.79 Å². The first-order chi connectivity index (χ1) is 15.9. The van der Waals surface area contributed by atoms with Gasteiger partial charge in [0, 0.05) is 5.39 Å². The van der Waals surface area contributed by atoms with E-state index in [-0.39, 0.29) is 17.4 Å². The topological polar surface area (TPSA) is 101 Å². The molecule has 0 unspecified atom stereocenters. The number of benzene rings is 3. The lowest BCUT2D eigenvalue weighted by molar-refractivity contribution is 0.174. The highest BCUT2D eigenvalue weighted by Gasteiger charge is 2.21. The first-order valence-electron chi connectivity index (χ1n) is 9.92. The summed E-state index contributed by atoms with van der Waals surface area (Å²) in [5, 5.41) is 0.546.